The third-order valence-corrected chi connectivity index (χ3v) is 4.01. The van der Waals surface area contributed by atoms with E-state index >= 15 is 0 Å². The van der Waals surface area contributed by atoms with Gasteiger partial charge in [-0.05, 0) is 48.5 Å². The smallest absolute Gasteiger partial charge is 0.247 e. The van der Waals surface area contributed by atoms with E-state index in [1.165, 1.54) is 0 Å². The summed E-state index contributed by atoms with van der Waals surface area (Å²) in [4.78, 5) is 11.6. The third kappa shape index (κ3) is 2.93. The molecule has 2 aromatic carbocycles. The first-order valence-corrected chi connectivity index (χ1v) is 8.00. The highest BCUT2D eigenvalue weighted by Crippen LogP contribution is 2.36. The number of nitrogens with zero attached hydrogens (tertiary/aromatic N) is 2. The van der Waals surface area contributed by atoms with Crippen LogP contribution in [0.5, 0.6) is 11.5 Å². The molecule has 0 saturated heterocycles. The Hall–Kier alpha value is -3.54. The number of aromatic nitrogens is 3. The monoisotopic (exact) mass is 346 g/mol. The van der Waals surface area contributed by atoms with Crippen LogP contribution in [0.2, 0.25) is 0 Å². The van der Waals surface area contributed by atoms with Gasteiger partial charge in [-0.15, -0.1) is 0 Å². The van der Waals surface area contributed by atoms with Crippen LogP contribution < -0.4 is 9.47 Å². The first-order chi connectivity index (χ1) is 12.8. The fraction of sp³-hybridized carbons (Fsp3) is 0.100. The number of ether oxygens (including phenoxy) is 2. The van der Waals surface area contributed by atoms with Crippen LogP contribution in [0.3, 0.4) is 0 Å². The SMILES string of the molecule is COc1ccc(-c2nc(-c3c[nH][c]n3)oc2-c2ccc(OC)cc2)cc1. The van der Waals surface area contributed by atoms with Crippen molar-refractivity contribution >= 4 is 0 Å². The molecular weight excluding hydrogens is 330 g/mol. The standard InChI is InChI=1S/C20H16N3O3/c1-24-15-7-3-13(4-8-15)18-19(14-5-9-16(25-2)10-6-14)26-20(23-18)17-11-21-12-22-17/h3-11H,1-2H3,(H,21,22). The molecule has 0 unspecified atom stereocenters. The van der Waals surface area contributed by atoms with Gasteiger partial charge in [0.05, 0.1) is 14.2 Å². The van der Waals surface area contributed by atoms with E-state index in [0.29, 0.717) is 17.3 Å². The number of hydrogen-bond donors (Lipinski definition) is 1. The molecule has 0 saturated carbocycles. The second-order valence-electron chi connectivity index (χ2n) is 5.55. The summed E-state index contributed by atoms with van der Waals surface area (Å²) in [5.74, 6) is 2.65. The lowest BCUT2D eigenvalue weighted by Gasteiger charge is -2.04. The Morgan fingerprint density at radius 3 is 2.04 bits per heavy atom. The van der Waals surface area contributed by atoms with Crippen molar-refractivity contribution in [1.29, 1.82) is 0 Å². The molecule has 2 aromatic heterocycles. The lowest BCUT2D eigenvalue weighted by atomic mass is 10.1. The van der Waals surface area contributed by atoms with Crippen LogP contribution in [0.25, 0.3) is 34.2 Å². The van der Waals surface area contributed by atoms with Crippen molar-refractivity contribution in [3.8, 4) is 45.7 Å². The number of methoxy groups -OCH3 is 2. The maximum atomic E-state index is 6.04. The molecule has 4 aromatic rings. The molecule has 0 bridgehead atoms. The molecule has 129 valence electrons. The van der Waals surface area contributed by atoms with Gasteiger partial charge < -0.3 is 18.9 Å². The Morgan fingerprint density at radius 2 is 1.50 bits per heavy atom. The lowest BCUT2D eigenvalue weighted by Crippen LogP contribution is -1.86. The first kappa shape index (κ1) is 16.0. The fourth-order valence-electron chi connectivity index (χ4n) is 2.65. The average Bonchev–Trinajstić information content (AvgIpc) is 3.38. The second kappa shape index (κ2) is 6.76. The van der Waals surface area contributed by atoms with Crippen LogP contribution in [-0.4, -0.2) is 29.2 Å². The minimum Gasteiger partial charge on any atom is -0.497 e. The quantitative estimate of drug-likeness (QED) is 0.586. The molecule has 26 heavy (non-hydrogen) atoms. The molecule has 0 spiro atoms. The number of nitrogens with one attached hydrogen (secondary N) is 1. The van der Waals surface area contributed by atoms with Crippen molar-refractivity contribution in [3.05, 3.63) is 61.1 Å². The summed E-state index contributed by atoms with van der Waals surface area (Å²) in [6.07, 6.45) is 4.35. The van der Waals surface area contributed by atoms with Gasteiger partial charge >= 0.3 is 0 Å². The number of imidazole rings is 1. The molecule has 1 N–H and O–H groups in total. The van der Waals surface area contributed by atoms with Gasteiger partial charge in [0.1, 0.15) is 22.9 Å². The minimum absolute atomic E-state index is 0.430. The summed E-state index contributed by atoms with van der Waals surface area (Å²) in [6, 6.07) is 15.3. The normalized spacial score (nSPS) is 10.7. The Labute approximate surface area is 150 Å². The fourth-order valence-corrected chi connectivity index (χ4v) is 2.65. The molecular formula is C20H16N3O3. The second-order valence-corrected chi connectivity index (χ2v) is 5.55. The van der Waals surface area contributed by atoms with Gasteiger partial charge in [-0.1, -0.05) is 0 Å². The van der Waals surface area contributed by atoms with E-state index < -0.39 is 0 Å². The summed E-state index contributed by atoms with van der Waals surface area (Å²) in [5, 5.41) is 0. The van der Waals surface area contributed by atoms with E-state index in [0.717, 1.165) is 28.3 Å². The number of rotatable bonds is 5. The van der Waals surface area contributed by atoms with E-state index in [1.807, 2.05) is 48.5 Å². The van der Waals surface area contributed by atoms with E-state index in [4.69, 9.17) is 13.9 Å². The molecule has 4 rings (SSSR count). The molecule has 0 aliphatic rings. The van der Waals surface area contributed by atoms with Crippen LogP contribution in [0.4, 0.5) is 0 Å². The van der Waals surface area contributed by atoms with E-state index in [-0.39, 0.29) is 0 Å². The summed E-state index contributed by atoms with van der Waals surface area (Å²) in [6.45, 7) is 0. The van der Waals surface area contributed by atoms with Crippen molar-refractivity contribution in [2.45, 2.75) is 0 Å². The van der Waals surface area contributed by atoms with E-state index in [9.17, 15) is 0 Å². The molecule has 0 amide bonds. The van der Waals surface area contributed by atoms with Crippen LogP contribution in [0.15, 0.2) is 59.1 Å². The van der Waals surface area contributed by atoms with Crippen LogP contribution in [0, 0.1) is 6.33 Å². The number of benzene rings is 2. The summed E-state index contributed by atoms with van der Waals surface area (Å²) >= 11 is 0. The van der Waals surface area contributed by atoms with Crippen LogP contribution in [0.1, 0.15) is 0 Å². The number of oxazole rings is 1. The maximum absolute atomic E-state index is 6.04. The number of aromatic amines is 1. The van der Waals surface area contributed by atoms with Gasteiger partial charge in [0, 0.05) is 17.3 Å². The Bertz CT molecular complexity index is 923. The van der Waals surface area contributed by atoms with Gasteiger partial charge in [0.25, 0.3) is 0 Å². The first-order valence-electron chi connectivity index (χ1n) is 8.00. The molecule has 6 nitrogen and oxygen atoms in total. The van der Waals surface area contributed by atoms with E-state index in [1.54, 1.807) is 20.4 Å². The van der Waals surface area contributed by atoms with Crippen molar-refractivity contribution in [3.63, 3.8) is 0 Å². The zero-order valence-corrected chi connectivity index (χ0v) is 14.3. The Balaban J connectivity index is 1.84. The van der Waals surface area contributed by atoms with Crippen molar-refractivity contribution in [2.24, 2.45) is 0 Å². The predicted molar refractivity (Wildman–Crippen MR) is 96.9 cm³/mol. The third-order valence-electron chi connectivity index (χ3n) is 4.01. The number of hydrogen-bond acceptors (Lipinski definition) is 5. The van der Waals surface area contributed by atoms with Gasteiger partial charge in [-0.25, -0.2) is 9.97 Å². The summed E-state index contributed by atoms with van der Waals surface area (Å²) in [7, 11) is 3.28. The topological polar surface area (TPSA) is 73.2 Å². The van der Waals surface area contributed by atoms with Crippen LogP contribution >= 0.6 is 0 Å². The molecule has 1 radical (unpaired) electrons. The molecule has 0 atom stereocenters. The van der Waals surface area contributed by atoms with Crippen molar-refractivity contribution in [1.82, 2.24) is 15.0 Å². The summed E-state index contributed by atoms with van der Waals surface area (Å²) in [5.41, 5.74) is 3.15. The average molecular weight is 346 g/mol. The highest BCUT2D eigenvalue weighted by atomic mass is 16.5. The Kier molecular flexibility index (Phi) is 4.15. The van der Waals surface area contributed by atoms with Gasteiger partial charge in [-0.3, -0.25) is 0 Å². The molecule has 0 aliphatic carbocycles. The van der Waals surface area contributed by atoms with Crippen molar-refractivity contribution < 1.29 is 13.9 Å². The molecule has 2 heterocycles. The summed E-state index contributed by atoms with van der Waals surface area (Å²) < 4.78 is 16.5. The maximum Gasteiger partial charge on any atom is 0.247 e. The largest absolute Gasteiger partial charge is 0.497 e. The zero-order valence-electron chi connectivity index (χ0n) is 14.3. The predicted octanol–water partition coefficient (Wildman–Crippen LogP) is 4.22. The van der Waals surface area contributed by atoms with Crippen molar-refractivity contribution in [2.75, 3.05) is 14.2 Å². The zero-order chi connectivity index (χ0) is 17.9. The van der Waals surface area contributed by atoms with Gasteiger partial charge in [0.15, 0.2) is 12.1 Å². The van der Waals surface area contributed by atoms with Crippen LogP contribution in [-0.2, 0) is 0 Å². The lowest BCUT2D eigenvalue weighted by molar-refractivity contribution is 0.414. The highest BCUT2D eigenvalue weighted by Gasteiger charge is 2.19. The molecule has 0 fully saturated rings. The molecule has 0 aliphatic heterocycles. The molecule has 6 heteroatoms. The van der Waals surface area contributed by atoms with E-state index in [2.05, 4.69) is 21.3 Å². The highest BCUT2D eigenvalue weighted by molar-refractivity contribution is 5.79. The Morgan fingerprint density at radius 1 is 0.885 bits per heavy atom. The minimum atomic E-state index is 0.430. The number of H-pyrrole nitrogens is 1. The van der Waals surface area contributed by atoms with Gasteiger partial charge in [-0.2, -0.15) is 0 Å². The van der Waals surface area contributed by atoms with Gasteiger partial charge in [0.2, 0.25) is 5.89 Å².